The molecule has 2 heterocycles. The summed E-state index contributed by atoms with van der Waals surface area (Å²) in [5, 5.41) is 3.19. The zero-order valence-corrected chi connectivity index (χ0v) is 9.61. The van der Waals surface area contributed by atoms with Crippen LogP contribution in [0.2, 0.25) is 0 Å². The van der Waals surface area contributed by atoms with Crippen LogP contribution in [0.3, 0.4) is 0 Å². The second-order valence-corrected chi connectivity index (χ2v) is 4.61. The van der Waals surface area contributed by atoms with Crippen molar-refractivity contribution in [1.82, 2.24) is 15.3 Å². The van der Waals surface area contributed by atoms with E-state index in [0.29, 0.717) is 5.95 Å². The van der Waals surface area contributed by atoms with Gasteiger partial charge in [0.15, 0.2) is 6.17 Å². The Morgan fingerprint density at radius 1 is 1.22 bits per heavy atom. The quantitative estimate of drug-likeness (QED) is 0.857. The van der Waals surface area contributed by atoms with Crippen molar-refractivity contribution < 1.29 is 13.2 Å². The molecule has 0 spiro atoms. The van der Waals surface area contributed by atoms with Gasteiger partial charge in [-0.1, -0.05) is 0 Å². The number of hydrogen-bond acceptors (Lipinski definition) is 4. The molecule has 1 aromatic rings. The van der Waals surface area contributed by atoms with E-state index in [0.717, 1.165) is 26.2 Å². The fourth-order valence-corrected chi connectivity index (χ4v) is 2.20. The van der Waals surface area contributed by atoms with Gasteiger partial charge in [-0.25, -0.2) is 23.1 Å². The third kappa shape index (κ3) is 1.82. The van der Waals surface area contributed by atoms with Crippen LogP contribution in [0.4, 0.5) is 19.1 Å². The number of nitrogens with one attached hydrogen (secondary N) is 1. The van der Waals surface area contributed by atoms with E-state index in [2.05, 4.69) is 15.3 Å². The minimum atomic E-state index is -3.25. The summed E-state index contributed by atoms with van der Waals surface area (Å²) in [4.78, 5) is 10.1. The van der Waals surface area contributed by atoms with Crippen molar-refractivity contribution in [2.75, 3.05) is 31.1 Å². The molecule has 7 heteroatoms. The molecule has 0 aromatic carbocycles. The largest absolute Gasteiger partial charge is 0.338 e. The molecule has 2 atom stereocenters. The molecule has 1 N–H and O–H groups in total. The number of halogens is 3. The van der Waals surface area contributed by atoms with E-state index in [9.17, 15) is 13.2 Å². The van der Waals surface area contributed by atoms with Gasteiger partial charge in [-0.05, 0) is 0 Å². The van der Waals surface area contributed by atoms with Gasteiger partial charge in [0.25, 0.3) is 5.92 Å². The highest BCUT2D eigenvalue weighted by molar-refractivity contribution is 5.35. The van der Waals surface area contributed by atoms with Gasteiger partial charge in [-0.3, -0.25) is 0 Å². The molecule has 1 aliphatic carbocycles. The van der Waals surface area contributed by atoms with Gasteiger partial charge < -0.3 is 10.2 Å². The average molecular weight is 258 g/mol. The average Bonchev–Trinajstić information content (AvgIpc) is 2.90. The van der Waals surface area contributed by atoms with Crippen molar-refractivity contribution in [1.29, 1.82) is 0 Å². The van der Waals surface area contributed by atoms with Gasteiger partial charge in [0.1, 0.15) is 0 Å². The van der Waals surface area contributed by atoms with E-state index < -0.39 is 18.0 Å². The Hall–Kier alpha value is -1.37. The predicted molar refractivity (Wildman–Crippen MR) is 59.7 cm³/mol. The first kappa shape index (κ1) is 11.7. The van der Waals surface area contributed by atoms with Gasteiger partial charge in [0, 0.05) is 44.1 Å². The smallest absolute Gasteiger partial charge is 0.289 e. The summed E-state index contributed by atoms with van der Waals surface area (Å²) in [6.45, 7) is 3.26. The van der Waals surface area contributed by atoms with E-state index in [-0.39, 0.29) is 5.56 Å². The van der Waals surface area contributed by atoms with E-state index in [1.165, 1.54) is 12.4 Å². The van der Waals surface area contributed by atoms with E-state index >= 15 is 0 Å². The molecule has 1 saturated carbocycles. The molecular weight excluding hydrogens is 245 g/mol. The minimum absolute atomic E-state index is 0.173. The lowest BCUT2D eigenvalue weighted by Gasteiger charge is -2.27. The molecule has 0 amide bonds. The highest BCUT2D eigenvalue weighted by atomic mass is 19.3. The zero-order chi connectivity index (χ0) is 12.8. The van der Waals surface area contributed by atoms with Crippen LogP contribution in [0, 0.1) is 0 Å². The number of piperazine rings is 1. The van der Waals surface area contributed by atoms with Crippen LogP contribution in [0.15, 0.2) is 12.4 Å². The first-order valence-corrected chi connectivity index (χ1v) is 5.90. The summed E-state index contributed by atoms with van der Waals surface area (Å²) in [6, 6.07) is 0. The van der Waals surface area contributed by atoms with Crippen LogP contribution >= 0.6 is 0 Å². The summed E-state index contributed by atoms with van der Waals surface area (Å²) in [6.07, 6.45) is 0.525. The van der Waals surface area contributed by atoms with Crippen molar-refractivity contribution in [3.05, 3.63) is 18.0 Å². The topological polar surface area (TPSA) is 41.1 Å². The summed E-state index contributed by atoms with van der Waals surface area (Å²) >= 11 is 0. The van der Waals surface area contributed by atoms with Gasteiger partial charge in [0.2, 0.25) is 5.95 Å². The molecule has 2 aliphatic rings. The third-order valence-electron chi connectivity index (χ3n) is 3.38. The van der Waals surface area contributed by atoms with Crippen molar-refractivity contribution in [3.8, 4) is 0 Å². The van der Waals surface area contributed by atoms with E-state index in [1.807, 2.05) is 4.90 Å². The minimum Gasteiger partial charge on any atom is -0.338 e. The van der Waals surface area contributed by atoms with Crippen LogP contribution in [0.1, 0.15) is 11.5 Å². The van der Waals surface area contributed by atoms with Crippen LogP contribution < -0.4 is 10.2 Å². The zero-order valence-electron chi connectivity index (χ0n) is 9.61. The molecule has 1 aromatic heterocycles. The molecule has 0 bridgehead atoms. The normalized spacial score (nSPS) is 30.3. The van der Waals surface area contributed by atoms with Gasteiger partial charge in [0.05, 0.1) is 5.92 Å². The Morgan fingerprint density at radius 2 is 1.78 bits per heavy atom. The lowest BCUT2D eigenvalue weighted by molar-refractivity contribution is 0.0827. The Balaban J connectivity index is 1.73. The maximum absolute atomic E-state index is 12.9. The van der Waals surface area contributed by atoms with E-state index in [4.69, 9.17) is 0 Å². The lowest BCUT2D eigenvalue weighted by atomic mass is 10.2. The first-order chi connectivity index (χ1) is 8.60. The molecule has 98 valence electrons. The van der Waals surface area contributed by atoms with Gasteiger partial charge >= 0.3 is 0 Å². The standard InChI is InChI=1S/C11H13F3N4/c12-9-8(11(9,13)14)7-5-16-10(17-6-7)18-3-1-15-2-4-18/h5-6,8-9,15H,1-4H2. The summed E-state index contributed by atoms with van der Waals surface area (Å²) in [5.41, 5.74) is 0.173. The molecule has 2 fully saturated rings. The first-order valence-electron chi connectivity index (χ1n) is 5.90. The van der Waals surface area contributed by atoms with Crippen molar-refractivity contribution >= 4 is 5.95 Å². The second kappa shape index (κ2) is 4.08. The monoisotopic (exact) mass is 258 g/mol. The maximum atomic E-state index is 12.9. The van der Waals surface area contributed by atoms with Crippen molar-refractivity contribution in [2.45, 2.75) is 18.0 Å². The summed E-state index contributed by atoms with van der Waals surface area (Å²) < 4.78 is 38.6. The number of aromatic nitrogens is 2. The molecule has 1 aliphatic heterocycles. The van der Waals surface area contributed by atoms with Crippen molar-refractivity contribution in [2.24, 2.45) is 0 Å². The number of alkyl halides is 3. The number of nitrogens with zero attached hydrogens (tertiary/aromatic N) is 3. The molecule has 0 radical (unpaired) electrons. The Morgan fingerprint density at radius 3 is 2.28 bits per heavy atom. The second-order valence-electron chi connectivity index (χ2n) is 4.61. The number of anilines is 1. The molecular formula is C11H13F3N4. The molecule has 18 heavy (non-hydrogen) atoms. The van der Waals surface area contributed by atoms with Crippen LogP contribution in [0.5, 0.6) is 0 Å². The fourth-order valence-electron chi connectivity index (χ4n) is 2.20. The third-order valence-corrected chi connectivity index (χ3v) is 3.38. The lowest BCUT2D eigenvalue weighted by Crippen LogP contribution is -2.44. The molecule has 2 unspecified atom stereocenters. The van der Waals surface area contributed by atoms with E-state index in [1.54, 1.807) is 0 Å². The Labute approximate surface area is 102 Å². The van der Waals surface area contributed by atoms with Crippen LogP contribution in [-0.2, 0) is 0 Å². The van der Waals surface area contributed by atoms with Gasteiger partial charge in [-0.15, -0.1) is 0 Å². The van der Waals surface area contributed by atoms with Gasteiger partial charge in [-0.2, -0.15) is 0 Å². The summed E-state index contributed by atoms with van der Waals surface area (Å²) in [7, 11) is 0. The highest BCUT2D eigenvalue weighted by Crippen LogP contribution is 2.57. The van der Waals surface area contributed by atoms with Crippen LogP contribution in [-0.4, -0.2) is 48.2 Å². The molecule has 1 saturated heterocycles. The maximum Gasteiger partial charge on any atom is 0.289 e. The Bertz CT molecular complexity index is 430. The fraction of sp³-hybridized carbons (Fsp3) is 0.636. The molecule has 3 rings (SSSR count). The van der Waals surface area contributed by atoms with Crippen molar-refractivity contribution in [3.63, 3.8) is 0 Å². The molecule has 4 nitrogen and oxygen atoms in total. The van der Waals surface area contributed by atoms with Crippen LogP contribution in [0.25, 0.3) is 0 Å². The number of rotatable bonds is 2. The number of hydrogen-bond donors (Lipinski definition) is 1. The summed E-state index contributed by atoms with van der Waals surface area (Å²) in [5.74, 6) is -4.10. The Kier molecular flexibility index (Phi) is 2.65. The highest BCUT2D eigenvalue weighted by Gasteiger charge is 2.70. The SMILES string of the molecule is FC1C(c2cnc(N3CCNCC3)nc2)C1(F)F. The predicted octanol–water partition coefficient (Wildman–Crippen LogP) is 0.957.